The van der Waals surface area contributed by atoms with Gasteiger partial charge in [-0.3, -0.25) is 9.59 Å². The lowest BCUT2D eigenvalue weighted by Crippen LogP contribution is -2.05. The van der Waals surface area contributed by atoms with Gasteiger partial charge in [-0.2, -0.15) is 0 Å². The van der Waals surface area contributed by atoms with Crippen molar-refractivity contribution in [1.82, 2.24) is 0 Å². The van der Waals surface area contributed by atoms with Gasteiger partial charge in [0.25, 0.3) is 0 Å². The van der Waals surface area contributed by atoms with Crippen LogP contribution in [0.4, 0.5) is 0 Å². The minimum atomic E-state index is -0.224. The number of hydrogen-bond acceptors (Lipinski definition) is 4. The molecule has 0 unspecified atom stereocenters. The Morgan fingerprint density at radius 3 is 2.19 bits per heavy atom. The summed E-state index contributed by atoms with van der Waals surface area (Å²) in [5, 5.41) is 0. The van der Waals surface area contributed by atoms with Gasteiger partial charge < -0.3 is 9.47 Å². The third-order valence-corrected chi connectivity index (χ3v) is 3.59. The third-order valence-electron chi connectivity index (χ3n) is 3.59. The number of rotatable bonds is 9. The van der Waals surface area contributed by atoms with Gasteiger partial charge >= 0.3 is 11.9 Å². The highest BCUT2D eigenvalue weighted by Crippen LogP contribution is 2.06. The van der Waals surface area contributed by atoms with E-state index in [0.29, 0.717) is 19.6 Å². The molecular weight excluding hydrogens is 340 g/mol. The van der Waals surface area contributed by atoms with Gasteiger partial charge in [0.15, 0.2) is 0 Å². The number of carbonyl (C=O) groups excluding carboxylic acids is 2. The average molecular weight is 375 g/mol. The molecule has 0 aromatic heterocycles. The first kappa shape index (κ1) is 24.6. The van der Waals surface area contributed by atoms with Crippen LogP contribution in [0, 0.1) is 0 Å². The molecule has 0 saturated carbocycles. The Morgan fingerprint density at radius 2 is 1.63 bits per heavy atom. The predicted octanol–water partition coefficient (Wildman–Crippen LogP) is 5.42. The zero-order valence-corrected chi connectivity index (χ0v) is 17.4. The molecule has 150 valence electrons. The van der Waals surface area contributed by atoms with E-state index in [1.54, 1.807) is 6.92 Å². The normalized spacial score (nSPS) is 10.3. The topological polar surface area (TPSA) is 52.6 Å². The van der Waals surface area contributed by atoms with Crippen LogP contribution in [-0.4, -0.2) is 25.2 Å². The molecule has 1 rings (SSSR count). The van der Waals surface area contributed by atoms with E-state index in [0.717, 1.165) is 19.3 Å². The van der Waals surface area contributed by atoms with Crippen molar-refractivity contribution >= 4 is 11.9 Å². The van der Waals surface area contributed by atoms with Crippen molar-refractivity contribution in [3.8, 4) is 0 Å². The molecule has 0 N–H and O–H groups in total. The first-order chi connectivity index (χ1) is 12.8. The molecule has 0 amide bonds. The molecule has 4 heteroatoms. The number of esters is 2. The summed E-state index contributed by atoms with van der Waals surface area (Å²) in [6.07, 6.45) is 7.52. The molecule has 1 aromatic rings. The Kier molecular flexibility index (Phi) is 14.5. The molecule has 0 atom stereocenters. The lowest BCUT2D eigenvalue weighted by atomic mass is 10.1. The minimum absolute atomic E-state index is 0.129. The Bertz CT molecular complexity index is 596. The summed E-state index contributed by atoms with van der Waals surface area (Å²) in [4.78, 5) is 21.2. The fourth-order valence-electron chi connectivity index (χ4n) is 2.02. The van der Waals surface area contributed by atoms with Gasteiger partial charge in [-0.05, 0) is 45.3 Å². The summed E-state index contributed by atoms with van der Waals surface area (Å²) in [5.41, 5.74) is 3.81. The van der Waals surface area contributed by atoms with Crippen molar-refractivity contribution in [2.45, 2.75) is 60.3 Å². The van der Waals surface area contributed by atoms with Crippen LogP contribution < -0.4 is 0 Å². The van der Waals surface area contributed by atoms with E-state index >= 15 is 0 Å². The highest BCUT2D eigenvalue weighted by molar-refractivity contribution is 5.68. The zero-order valence-electron chi connectivity index (χ0n) is 17.4. The van der Waals surface area contributed by atoms with Crippen LogP contribution in [0.3, 0.4) is 0 Å². The van der Waals surface area contributed by atoms with Crippen molar-refractivity contribution in [3.63, 3.8) is 0 Å². The first-order valence-corrected chi connectivity index (χ1v) is 9.47. The summed E-state index contributed by atoms with van der Waals surface area (Å²) in [6, 6.07) is 10.00. The Balaban J connectivity index is 0.000000501. The maximum Gasteiger partial charge on any atom is 0.305 e. The molecule has 0 aliphatic heterocycles. The van der Waals surface area contributed by atoms with E-state index in [9.17, 15) is 9.59 Å². The Labute approximate surface area is 164 Å². The maximum absolute atomic E-state index is 10.8. The number of carbonyl (C=O) groups is 2. The lowest BCUT2D eigenvalue weighted by molar-refractivity contribution is -0.143. The van der Waals surface area contributed by atoms with Crippen LogP contribution >= 0.6 is 0 Å². The lowest BCUT2D eigenvalue weighted by Gasteiger charge is -2.02. The van der Waals surface area contributed by atoms with Crippen LogP contribution in [0.5, 0.6) is 0 Å². The molecule has 0 radical (unpaired) electrons. The highest BCUT2D eigenvalue weighted by atomic mass is 16.5. The van der Waals surface area contributed by atoms with Gasteiger partial charge in [0.05, 0.1) is 6.61 Å². The zero-order chi connectivity index (χ0) is 20.5. The van der Waals surface area contributed by atoms with Crippen LogP contribution in [0.25, 0.3) is 0 Å². The van der Waals surface area contributed by atoms with Crippen LogP contribution in [0.2, 0.25) is 0 Å². The number of benzene rings is 1. The molecule has 0 heterocycles. The van der Waals surface area contributed by atoms with E-state index in [2.05, 4.69) is 26.8 Å². The second-order valence-corrected chi connectivity index (χ2v) is 6.48. The summed E-state index contributed by atoms with van der Waals surface area (Å²) in [6.45, 7) is 10.3. The Morgan fingerprint density at radius 1 is 0.963 bits per heavy atom. The van der Waals surface area contributed by atoms with E-state index < -0.39 is 0 Å². The second-order valence-electron chi connectivity index (χ2n) is 6.48. The molecule has 27 heavy (non-hydrogen) atoms. The molecule has 0 fully saturated rings. The van der Waals surface area contributed by atoms with E-state index in [1.165, 1.54) is 23.6 Å². The fraction of sp³-hybridized carbons (Fsp3) is 0.478. The van der Waals surface area contributed by atoms with Crippen molar-refractivity contribution in [2.75, 3.05) is 13.2 Å². The van der Waals surface area contributed by atoms with Gasteiger partial charge in [0.2, 0.25) is 0 Å². The predicted molar refractivity (Wildman–Crippen MR) is 110 cm³/mol. The second kappa shape index (κ2) is 15.9. The van der Waals surface area contributed by atoms with Crippen molar-refractivity contribution in [1.29, 1.82) is 0 Å². The number of hydrogen-bond donors (Lipinski definition) is 0. The Hall–Kier alpha value is -2.36. The molecule has 0 aliphatic rings. The molecule has 0 spiro atoms. The van der Waals surface area contributed by atoms with Crippen molar-refractivity contribution in [3.05, 3.63) is 59.2 Å². The standard InChI is InChI=1S/C12H20O2.C11H14O2/c1-10(2)6-5-7-11(3)8-9-14-12(4)13;1-2-11(12)13-9-8-10-6-4-3-5-7-10/h6,8H,5,7,9H2,1-4H3;3-7H,2,8-9H2,1H3/b11-8+;. The van der Waals surface area contributed by atoms with Gasteiger partial charge in [0, 0.05) is 19.8 Å². The monoisotopic (exact) mass is 374 g/mol. The van der Waals surface area contributed by atoms with Crippen molar-refractivity contribution in [2.24, 2.45) is 0 Å². The number of ether oxygens (including phenoxy) is 2. The number of allylic oxidation sites excluding steroid dienone is 3. The van der Waals surface area contributed by atoms with Crippen LogP contribution in [-0.2, 0) is 25.5 Å². The molecule has 4 nitrogen and oxygen atoms in total. The van der Waals surface area contributed by atoms with Gasteiger partial charge in [-0.25, -0.2) is 0 Å². The summed E-state index contributed by atoms with van der Waals surface area (Å²) < 4.78 is 9.77. The van der Waals surface area contributed by atoms with E-state index in [4.69, 9.17) is 9.47 Å². The molecule has 0 aliphatic carbocycles. The average Bonchev–Trinajstić information content (AvgIpc) is 2.62. The van der Waals surface area contributed by atoms with E-state index in [-0.39, 0.29) is 11.9 Å². The smallest absolute Gasteiger partial charge is 0.305 e. The SMILES string of the molecule is CC(=O)OC/C=C(\C)CCC=C(C)C.CCC(=O)OCCc1ccccc1. The molecule has 1 aromatic carbocycles. The van der Waals surface area contributed by atoms with Crippen LogP contribution in [0.1, 0.15) is 59.4 Å². The van der Waals surface area contributed by atoms with Gasteiger partial charge in [0.1, 0.15) is 6.61 Å². The summed E-state index contributed by atoms with van der Waals surface area (Å²) in [7, 11) is 0. The quantitative estimate of drug-likeness (QED) is 0.427. The molecule has 0 bridgehead atoms. The largest absolute Gasteiger partial charge is 0.465 e. The fourth-order valence-corrected chi connectivity index (χ4v) is 2.02. The third kappa shape index (κ3) is 16.8. The summed E-state index contributed by atoms with van der Waals surface area (Å²) in [5.74, 6) is -0.353. The van der Waals surface area contributed by atoms with Crippen LogP contribution in [0.15, 0.2) is 53.6 Å². The van der Waals surface area contributed by atoms with Crippen molar-refractivity contribution < 1.29 is 19.1 Å². The highest BCUT2D eigenvalue weighted by Gasteiger charge is 1.97. The molecular formula is C23H34O4. The first-order valence-electron chi connectivity index (χ1n) is 9.47. The molecule has 0 saturated heterocycles. The van der Waals surface area contributed by atoms with Gasteiger partial charge in [-0.1, -0.05) is 54.5 Å². The minimum Gasteiger partial charge on any atom is -0.465 e. The van der Waals surface area contributed by atoms with Gasteiger partial charge in [-0.15, -0.1) is 0 Å². The summed E-state index contributed by atoms with van der Waals surface area (Å²) >= 11 is 0. The van der Waals surface area contributed by atoms with E-state index in [1.807, 2.05) is 36.4 Å². The maximum atomic E-state index is 10.8.